The molecule has 3 heteroatoms. The molecule has 0 radical (unpaired) electrons. The van der Waals surface area contributed by atoms with E-state index in [1.165, 1.54) is 23.8 Å². The lowest BCUT2D eigenvalue weighted by Crippen LogP contribution is -2.22. The van der Waals surface area contributed by atoms with Crippen LogP contribution in [0.5, 0.6) is 0 Å². The lowest BCUT2D eigenvalue weighted by molar-refractivity contribution is 0.170. The summed E-state index contributed by atoms with van der Waals surface area (Å²) in [4.78, 5) is 11.0. The molecule has 1 N–H and O–H groups in total. The van der Waals surface area contributed by atoms with Gasteiger partial charge in [0.2, 0.25) is 0 Å². The summed E-state index contributed by atoms with van der Waals surface area (Å²) in [6, 6.07) is 8.16. The number of methoxy groups -OCH3 is 1. The van der Waals surface area contributed by atoms with Crippen molar-refractivity contribution in [2.45, 2.75) is 26.8 Å². The Morgan fingerprint density at radius 1 is 1.37 bits per heavy atom. The summed E-state index contributed by atoms with van der Waals surface area (Å²) in [7, 11) is 1.36. The number of nitrogens with one attached hydrogen (secondary N) is 1. The van der Waals surface area contributed by atoms with Gasteiger partial charge in [0.15, 0.2) is 0 Å². The van der Waals surface area contributed by atoms with Crippen LogP contribution in [0.1, 0.15) is 31.4 Å². The third-order valence-corrected chi connectivity index (χ3v) is 3.06. The predicted molar refractivity (Wildman–Crippen MR) is 78.8 cm³/mol. The fourth-order valence-corrected chi connectivity index (χ4v) is 1.90. The second kappa shape index (κ2) is 7.41. The zero-order chi connectivity index (χ0) is 14.3. The van der Waals surface area contributed by atoms with Crippen molar-refractivity contribution >= 4 is 11.7 Å². The third kappa shape index (κ3) is 4.28. The molecule has 3 nitrogen and oxygen atoms in total. The first-order chi connectivity index (χ1) is 9.12. The van der Waals surface area contributed by atoms with Crippen LogP contribution < -0.4 is 5.32 Å². The van der Waals surface area contributed by atoms with Crippen molar-refractivity contribution in [3.8, 4) is 0 Å². The van der Waals surface area contributed by atoms with Gasteiger partial charge in [0.25, 0.3) is 0 Å². The summed E-state index contributed by atoms with van der Waals surface area (Å²) in [5, 5.41) is 2.66. The predicted octanol–water partition coefficient (Wildman–Crippen LogP) is 3.91. The minimum Gasteiger partial charge on any atom is -0.453 e. The number of hydrogen-bond acceptors (Lipinski definition) is 2. The number of benzene rings is 1. The second-order valence-corrected chi connectivity index (χ2v) is 4.26. The van der Waals surface area contributed by atoms with Crippen LogP contribution in [-0.2, 0) is 11.3 Å². The summed E-state index contributed by atoms with van der Waals surface area (Å²) in [6.45, 7) is 8.48. The highest BCUT2D eigenvalue weighted by Crippen LogP contribution is 2.23. The molecule has 0 aromatic heterocycles. The van der Waals surface area contributed by atoms with Gasteiger partial charge in [0, 0.05) is 6.54 Å². The quantitative estimate of drug-likeness (QED) is 0.814. The molecule has 0 aliphatic carbocycles. The van der Waals surface area contributed by atoms with Gasteiger partial charge in [-0.1, -0.05) is 43.8 Å². The van der Waals surface area contributed by atoms with Crippen LogP contribution in [0.25, 0.3) is 5.57 Å². The fourth-order valence-electron chi connectivity index (χ4n) is 1.90. The number of alkyl carbamates (subject to hydrolysis) is 1. The number of carbonyl (C=O) groups excluding carboxylic acids is 1. The average Bonchev–Trinajstić information content (AvgIpc) is 2.46. The van der Waals surface area contributed by atoms with Crippen molar-refractivity contribution in [3.05, 3.63) is 53.6 Å². The van der Waals surface area contributed by atoms with Crippen molar-refractivity contribution < 1.29 is 9.53 Å². The summed E-state index contributed by atoms with van der Waals surface area (Å²) < 4.78 is 4.53. The molecule has 19 heavy (non-hydrogen) atoms. The van der Waals surface area contributed by atoms with E-state index in [1.54, 1.807) is 0 Å². The molecular weight excluding hydrogens is 238 g/mol. The Morgan fingerprint density at radius 2 is 2.00 bits per heavy atom. The number of carbonyl (C=O) groups is 1. The molecule has 0 saturated carbocycles. The number of ether oxygens (including phenoxy) is 1. The fraction of sp³-hybridized carbons (Fsp3) is 0.312. The minimum absolute atomic E-state index is 0.416. The first-order valence-electron chi connectivity index (χ1n) is 6.35. The highest BCUT2D eigenvalue weighted by Gasteiger charge is 2.03. The van der Waals surface area contributed by atoms with Crippen molar-refractivity contribution in [1.29, 1.82) is 0 Å². The maximum absolute atomic E-state index is 11.0. The van der Waals surface area contributed by atoms with Gasteiger partial charge in [-0.2, -0.15) is 0 Å². The smallest absolute Gasteiger partial charge is 0.407 e. The molecular formula is C16H21NO2. The van der Waals surface area contributed by atoms with E-state index in [-0.39, 0.29) is 0 Å². The minimum atomic E-state index is -0.416. The normalized spacial score (nSPS) is 11.5. The molecule has 0 atom stereocenters. The van der Waals surface area contributed by atoms with Gasteiger partial charge >= 0.3 is 6.09 Å². The summed E-state index contributed by atoms with van der Waals surface area (Å²) in [6.07, 6.45) is 2.43. The number of allylic oxidation sites excluding steroid dienone is 3. The maximum Gasteiger partial charge on any atom is 0.407 e. The first-order valence-corrected chi connectivity index (χ1v) is 6.35. The van der Waals surface area contributed by atoms with E-state index >= 15 is 0 Å². The van der Waals surface area contributed by atoms with Crippen molar-refractivity contribution in [1.82, 2.24) is 5.32 Å². The summed E-state index contributed by atoms with van der Waals surface area (Å²) in [5.41, 5.74) is 4.73. The van der Waals surface area contributed by atoms with Crippen LogP contribution in [0.3, 0.4) is 0 Å². The number of hydrogen-bond donors (Lipinski definition) is 1. The van der Waals surface area contributed by atoms with E-state index in [9.17, 15) is 4.79 Å². The van der Waals surface area contributed by atoms with Crippen LogP contribution in [-0.4, -0.2) is 13.2 Å². The molecule has 1 aromatic carbocycles. The van der Waals surface area contributed by atoms with E-state index in [0.29, 0.717) is 6.54 Å². The topological polar surface area (TPSA) is 38.3 Å². The van der Waals surface area contributed by atoms with E-state index in [4.69, 9.17) is 0 Å². The Labute approximate surface area is 115 Å². The monoisotopic (exact) mass is 259 g/mol. The van der Waals surface area contributed by atoms with Crippen LogP contribution in [0, 0.1) is 0 Å². The van der Waals surface area contributed by atoms with Crippen molar-refractivity contribution in [3.63, 3.8) is 0 Å². The largest absolute Gasteiger partial charge is 0.453 e. The summed E-state index contributed by atoms with van der Waals surface area (Å²) >= 11 is 0. The number of amides is 1. The molecule has 0 saturated heterocycles. The molecule has 0 unspecified atom stereocenters. The highest BCUT2D eigenvalue weighted by atomic mass is 16.5. The van der Waals surface area contributed by atoms with E-state index in [0.717, 1.165) is 12.0 Å². The lowest BCUT2D eigenvalue weighted by Gasteiger charge is -2.09. The van der Waals surface area contributed by atoms with E-state index in [1.807, 2.05) is 18.2 Å². The Morgan fingerprint density at radius 3 is 2.47 bits per heavy atom. The Hall–Kier alpha value is -2.03. The second-order valence-electron chi connectivity index (χ2n) is 4.26. The molecule has 0 fully saturated rings. The standard InChI is InChI=1S/C16H21NO2/c1-5-12(3)15(6-2)14-9-7-13(8-10-14)11-17-16(18)19-4/h5,7-10H,1,6,11H2,2-4H3,(H,17,18)/b15-12-. The molecule has 0 heterocycles. The molecule has 0 spiro atoms. The van der Waals surface area contributed by atoms with Crippen LogP contribution in [0.2, 0.25) is 0 Å². The third-order valence-electron chi connectivity index (χ3n) is 3.06. The lowest BCUT2D eigenvalue weighted by atomic mass is 9.97. The molecule has 0 bridgehead atoms. The van der Waals surface area contributed by atoms with Gasteiger partial charge in [0.1, 0.15) is 0 Å². The SMILES string of the molecule is C=C/C(C)=C(/CC)c1ccc(CNC(=O)OC)cc1. The maximum atomic E-state index is 11.0. The Kier molecular flexibility index (Phi) is 5.86. The van der Waals surface area contributed by atoms with Crippen molar-refractivity contribution in [2.24, 2.45) is 0 Å². The molecule has 0 aliphatic rings. The molecule has 1 amide bonds. The van der Waals surface area contributed by atoms with E-state index < -0.39 is 6.09 Å². The Bertz CT molecular complexity index is 472. The molecule has 0 aliphatic heterocycles. The Balaban J connectivity index is 2.81. The highest BCUT2D eigenvalue weighted by molar-refractivity contribution is 5.70. The van der Waals surface area contributed by atoms with E-state index in [2.05, 4.69) is 42.6 Å². The zero-order valence-electron chi connectivity index (χ0n) is 11.8. The van der Waals surface area contributed by atoms with Gasteiger partial charge in [-0.25, -0.2) is 4.79 Å². The molecule has 1 aromatic rings. The number of rotatable bonds is 5. The first kappa shape index (κ1) is 15.0. The zero-order valence-corrected chi connectivity index (χ0v) is 11.8. The van der Waals surface area contributed by atoms with Crippen LogP contribution >= 0.6 is 0 Å². The van der Waals surface area contributed by atoms with Crippen molar-refractivity contribution in [2.75, 3.05) is 7.11 Å². The van der Waals surface area contributed by atoms with Crippen LogP contribution in [0.15, 0.2) is 42.5 Å². The van der Waals surface area contributed by atoms with Gasteiger partial charge < -0.3 is 10.1 Å². The van der Waals surface area contributed by atoms with Crippen LogP contribution in [0.4, 0.5) is 4.79 Å². The average molecular weight is 259 g/mol. The molecule has 1 rings (SSSR count). The summed E-state index contributed by atoms with van der Waals surface area (Å²) in [5.74, 6) is 0. The van der Waals surface area contributed by atoms with Gasteiger partial charge in [0.05, 0.1) is 7.11 Å². The van der Waals surface area contributed by atoms with Gasteiger partial charge in [-0.15, -0.1) is 0 Å². The van der Waals surface area contributed by atoms with Gasteiger partial charge in [-0.05, 0) is 35.6 Å². The molecule has 102 valence electrons. The van der Waals surface area contributed by atoms with Gasteiger partial charge in [-0.3, -0.25) is 0 Å².